The van der Waals surface area contributed by atoms with Crippen molar-refractivity contribution in [3.05, 3.63) is 59.9 Å². The molecule has 0 bridgehead atoms. The molecule has 7 nitrogen and oxygen atoms in total. The Morgan fingerprint density at radius 2 is 1.87 bits per heavy atom. The van der Waals surface area contributed by atoms with E-state index in [9.17, 15) is 9.18 Å². The third-order valence-corrected chi connectivity index (χ3v) is 5.63. The molecule has 0 unspecified atom stereocenters. The van der Waals surface area contributed by atoms with Crippen LogP contribution >= 0.6 is 0 Å². The number of ether oxygens (including phenoxy) is 1. The summed E-state index contributed by atoms with van der Waals surface area (Å²) in [4.78, 5) is 20.1. The minimum absolute atomic E-state index is 0.130. The van der Waals surface area contributed by atoms with Gasteiger partial charge < -0.3 is 25.0 Å². The van der Waals surface area contributed by atoms with Gasteiger partial charge in [0, 0.05) is 38.5 Å². The highest BCUT2D eigenvalue weighted by Gasteiger charge is 2.23. The van der Waals surface area contributed by atoms with Gasteiger partial charge in [0.05, 0.1) is 23.9 Å². The second-order valence-corrected chi connectivity index (χ2v) is 7.73. The number of benzene rings is 2. The molecular weight excluding hydrogens is 399 g/mol. The highest BCUT2D eigenvalue weighted by atomic mass is 19.1. The lowest BCUT2D eigenvalue weighted by atomic mass is 10.2. The molecule has 1 atom stereocenters. The maximum absolute atomic E-state index is 14.2. The second-order valence-electron chi connectivity index (χ2n) is 7.73. The fourth-order valence-corrected chi connectivity index (χ4v) is 3.89. The Balaban J connectivity index is 1.45. The molecule has 2 heterocycles. The van der Waals surface area contributed by atoms with E-state index in [0.29, 0.717) is 38.4 Å². The summed E-state index contributed by atoms with van der Waals surface area (Å²) in [5.74, 6) is -0.435. The number of nitrogens with one attached hydrogen (secondary N) is 1. The van der Waals surface area contributed by atoms with E-state index in [1.165, 1.54) is 6.07 Å². The number of carboxylic acids is 1. The molecule has 0 saturated carbocycles. The monoisotopic (exact) mass is 426 g/mol. The third kappa shape index (κ3) is 5.32. The fraction of sp³-hybridized carbons (Fsp3) is 0.391. The molecule has 8 heteroatoms. The van der Waals surface area contributed by atoms with Crippen LogP contribution in [0.3, 0.4) is 0 Å². The van der Waals surface area contributed by atoms with Crippen LogP contribution in [0.2, 0.25) is 0 Å². The minimum atomic E-state index is -0.955. The molecule has 2 aliphatic heterocycles. The fourth-order valence-electron chi connectivity index (χ4n) is 3.89. The van der Waals surface area contributed by atoms with Crippen LogP contribution in [0.1, 0.15) is 23.2 Å². The van der Waals surface area contributed by atoms with E-state index < -0.39 is 5.97 Å². The predicted octanol–water partition coefficient (Wildman–Crippen LogP) is 3.29. The molecule has 164 valence electrons. The number of nitrogens with zero attached hydrogens (tertiary/aromatic N) is 3. The summed E-state index contributed by atoms with van der Waals surface area (Å²) >= 11 is 0. The van der Waals surface area contributed by atoms with Crippen molar-refractivity contribution in [1.29, 1.82) is 0 Å². The molecule has 0 aliphatic carbocycles. The van der Waals surface area contributed by atoms with E-state index in [-0.39, 0.29) is 17.5 Å². The van der Waals surface area contributed by atoms with Gasteiger partial charge in [-0.05, 0) is 49.2 Å². The second kappa shape index (κ2) is 9.78. The highest BCUT2D eigenvalue weighted by molar-refractivity contribution is 5.95. The zero-order valence-electron chi connectivity index (χ0n) is 17.3. The van der Waals surface area contributed by atoms with E-state index in [1.807, 2.05) is 11.0 Å². The number of halogens is 1. The van der Waals surface area contributed by atoms with Crippen LogP contribution in [-0.4, -0.2) is 67.4 Å². The summed E-state index contributed by atoms with van der Waals surface area (Å²) in [6.07, 6.45) is 2.19. The van der Waals surface area contributed by atoms with E-state index in [2.05, 4.69) is 10.2 Å². The van der Waals surface area contributed by atoms with E-state index in [4.69, 9.17) is 14.8 Å². The van der Waals surface area contributed by atoms with Crippen molar-refractivity contribution in [2.45, 2.75) is 18.9 Å². The number of aliphatic imine (C=N–C) groups is 1. The minimum Gasteiger partial charge on any atom is -0.478 e. The number of aromatic carboxylic acids is 1. The number of guanidine groups is 1. The molecule has 0 radical (unpaired) electrons. The molecule has 2 aromatic rings. The molecule has 4 rings (SSSR count). The molecule has 2 aliphatic rings. The average molecular weight is 426 g/mol. The van der Waals surface area contributed by atoms with E-state index in [1.54, 1.807) is 36.4 Å². The van der Waals surface area contributed by atoms with Crippen LogP contribution in [0.4, 0.5) is 15.8 Å². The van der Waals surface area contributed by atoms with Crippen molar-refractivity contribution in [3.63, 3.8) is 0 Å². The topological polar surface area (TPSA) is 77.4 Å². The Labute approximate surface area is 181 Å². The molecule has 2 fully saturated rings. The third-order valence-electron chi connectivity index (χ3n) is 5.63. The average Bonchev–Trinajstić information content (AvgIpc) is 3.31. The van der Waals surface area contributed by atoms with Crippen LogP contribution in [0.15, 0.2) is 53.5 Å². The molecule has 2 N–H and O–H groups in total. The van der Waals surface area contributed by atoms with Gasteiger partial charge >= 0.3 is 5.97 Å². The Hall–Kier alpha value is -3.13. The van der Waals surface area contributed by atoms with Crippen molar-refractivity contribution in [2.75, 3.05) is 49.5 Å². The Kier molecular flexibility index (Phi) is 6.66. The van der Waals surface area contributed by atoms with Gasteiger partial charge in [0.2, 0.25) is 0 Å². The van der Waals surface area contributed by atoms with Crippen LogP contribution in [0.25, 0.3) is 0 Å². The van der Waals surface area contributed by atoms with Crippen molar-refractivity contribution < 1.29 is 19.0 Å². The summed E-state index contributed by atoms with van der Waals surface area (Å²) in [5, 5.41) is 12.4. The summed E-state index contributed by atoms with van der Waals surface area (Å²) in [5.41, 5.74) is 1.63. The Morgan fingerprint density at radius 1 is 1.13 bits per heavy atom. The maximum atomic E-state index is 14.2. The largest absolute Gasteiger partial charge is 0.478 e. The van der Waals surface area contributed by atoms with Gasteiger partial charge in [0.15, 0.2) is 5.96 Å². The van der Waals surface area contributed by atoms with Gasteiger partial charge in [-0.25, -0.2) is 9.18 Å². The quantitative estimate of drug-likeness (QED) is 0.564. The first-order valence-electron chi connectivity index (χ1n) is 10.6. The van der Waals surface area contributed by atoms with Crippen molar-refractivity contribution in [1.82, 2.24) is 4.90 Å². The zero-order valence-corrected chi connectivity index (χ0v) is 17.3. The van der Waals surface area contributed by atoms with Crippen molar-refractivity contribution in [2.24, 2.45) is 4.99 Å². The number of para-hydroxylation sites is 1. The first-order chi connectivity index (χ1) is 15.1. The smallest absolute Gasteiger partial charge is 0.335 e. The number of hydrogen-bond donors (Lipinski definition) is 2. The molecule has 31 heavy (non-hydrogen) atoms. The standard InChI is InChI=1S/C23H27FN4O3/c24-20-5-1-2-6-21(20)27-11-13-28(14-12-27)23(25-16-19-4-3-15-31-19)26-18-9-7-17(8-10-18)22(29)30/h1-2,5-10,19H,3-4,11-16H2,(H,25,26)(H,29,30)/t19-/m0/s1. The molecule has 0 spiro atoms. The SMILES string of the molecule is O=C(O)c1ccc(NC(=NC[C@@H]2CCCO2)N2CCN(c3ccccc3F)CC2)cc1. The number of hydrogen-bond acceptors (Lipinski definition) is 4. The molecule has 2 saturated heterocycles. The number of piperazine rings is 1. The highest BCUT2D eigenvalue weighted by Crippen LogP contribution is 2.21. The summed E-state index contributed by atoms with van der Waals surface area (Å²) < 4.78 is 19.9. The van der Waals surface area contributed by atoms with Gasteiger partial charge in [-0.1, -0.05) is 12.1 Å². The number of rotatable bonds is 5. The van der Waals surface area contributed by atoms with Gasteiger partial charge in [0.25, 0.3) is 0 Å². The first kappa shape index (κ1) is 21.1. The predicted molar refractivity (Wildman–Crippen MR) is 118 cm³/mol. The van der Waals surface area contributed by atoms with Crippen molar-refractivity contribution >= 4 is 23.3 Å². The van der Waals surface area contributed by atoms with Crippen LogP contribution in [0.5, 0.6) is 0 Å². The van der Waals surface area contributed by atoms with Crippen LogP contribution in [-0.2, 0) is 4.74 Å². The Morgan fingerprint density at radius 3 is 2.52 bits per heavy atom. The van der Waals surface area contributed by atoms with Gasteiger partial charge in [-0.15, -0.1) is 0 Å². The van der Waals surface area contributed by atoms with Gasteiger partial charge in [-0.2, -0.15) is 0 Å². The number of carboxylic acid groups (broad SMARTS) is 1. The molecule has 0 aromatic heterocycles. The molecule has 0 amide bonds. The van der Waals surface area contributed by atoms with Crippen molar-refractivity contribution in [3.8, 4) is 0 Å². The lowest BCUT2D eigenvalue weighted by Gasteiger charge is -2.38. The summed E-state index contributed by atoms with van der Waals surface area (Å²) in [6.45, 7) is 4.10. The number of carbonyl (C=O) groups is 1. The first-order valence-corrected chi connectivity index (χ1v) is 10.6. The lowest BCUT2D eigenvalue weighted by Crippen LogP contribution is -2.51. The number of anilines is 2. The maximum Gasteiger partial charge on any atom is 0.335 e. The van der Waals surface area contributed by atoms with E-state index >= 15 is 0 Å². The lowest BCUT2D eigenvalue weighted by molar-refractivity contribution is 0.0697. The van der Waals surface area contributed by atoms with Gasteiger partial charge in [0.1, 0.15) is 5.82 Å². The summed E-state index contributed by atoms with van der Waals surface area (Å²) in [6, 6.07) is 13.4. The normalized spacial score (nSPS) is 19.5. The van der Waals surface area contributed by atoms with Crippen LogP contribution in [0, 0.1) is 5.82 Å². The Bertz CT molecular complexity index is 921. The summed E-state index contributed by atoms with van der Waals surface area (Å²) in [7, 11) is 0. The zero-order chi connectivity index (χ0) is 21.6. The molecular formula is C23H27FN4O3. The van der Waals surface area contributed by atoms with E-state index in [0.717, 1.165) is 31.1 Å². The molecule has 2 aromatic carbocycles. The van der Waals surface area contributed by atoms with Crippen LogP contribution < -0.4 is 10.2 Å². The van der Waals surface area contributed by atoms with Gasteiger partial charge in [-0.3, -0.25) is 4.99 Å².